The standard InChI is InChI=1S/C23H25N3OS2/c27-21(20-13-11-19(12-14-20)18-9-5-2-6-10-18)16-28-23-26-25-22(29-23)24-15-17-7-3-1-4-8-17/h1,3-4,7-8,11-14,18H,2,5-6,9-10,15-16H2,(H,24,25). The molecule has 2 aromatic carbocycles. The highest BCUT2D eigenvalue weighted by Gasteiger charge is 2.16. The second-order valence-electron chi connectivity index (χ2n) is 7.38. The van der Waals surface area contributed by atoms with Crippen LogP contribution in [-0.2, 0) is 6.54 Å². The number of Topliss-reactive ketones (excluding diaryl/α,β-unsaturated/α-hetero) is 1. The molecule has 0 unspecified atom stereocenters. The van der Waals surface area contributed by atoms with E-state index in [1.54, 1.807) is 0 Å². The Kier molecular flexibility index (Phi) is 6.96. The summed E-state index contributed by atoms with van der Waals surface area (Å²) in [7, 11) is 0. The fourth-order valence-electron chi connectivity index (χ4n) is 3.70. The molecule has 1 fully saturated rings. The monoisotopic (exact) mass is 423 g/mol. The van der Waals surface area contributed by atoms with Crippen LogP contribution in [0.3, 0.4) is 0 Å². The minimum absolute atomic E-state index is 0.138. The first-order chi connectivity index (χ1) is 14.3. The van der Waals surface area contributed by atoms with Crippen LogP contribution in [0.5, 0.6) is 0 Å². The molecule has 1 aromatic heterocycles. The van der Waals surface area contributed by atoms with Crippen molar-refractivity contribution in [3.63, 3.8) is 0 Å². The number of carbonyl (C=O) groups is 1. The highest BCUT2D eigenvalue weighted by Crippen LogP contribution is 2.33. The Morgan fingerprint density at radius 3 is 2.52 bits per heavy atom. The summed E-state index contributed by atoms with van der Waals surface area (Å²) in [5.41, 5.74) is 3.36. The molecule has 1 N–H and O–H groups in total. The van der Waals surface area contributed by atoms with Crippen LogP contribution < -0.4 is 5.32 Å². The average Bonchev–Trinajstić information content (AvgIpc) is 3.25. The van der Waals surface area contributed by atoms with Gasteiger partial charge in [-0.1, -0.05) is 97.0 Å². The Balaban J connectivity index is 1.26. The van der Waals surface area contributed by atoms with Gasteiger partial charge in [-0.2, -0.15) is 0 Å². The number of rotatable bonds is 8. The summed E-state index contributed by atoms with van der Waals surface area (Å²) in [6.07, 6.45) is 6.57. The molecule has 1 heterocycles. The predicted octanol–water partition coefficient (Wildman–Crippen LogP) is 6.17. The number of carbonyl (C=O) groups excluding carboxylic acids is 1. The minimum Gasteiger partial charge on any atom is -0.356 e. The summed E-state index contributed by atoms with van der Waals surface area (Å²) in [6.45, 7) is 0.715. The van der Waals surface area contributed by atoms with Crippen LogP contribution in [0.15, 0.2) is 58.9 Å². The van der Waals surface area contributed by atoms with Gasteiger partial charge in [0.1, 0.15) is 0 Å². The Hall–Kier alpha value is -2.18. The Morgan fingerprint density at radius 1 is 1.00 bits per heavy atom. The number of anilines is 1. The molecule has 1 saturated carbocycles. The Labute approximate surface area is 180 Å². The van der Waals surface area contributed by atoms with Crippen LogP contribution in [0.4, 0.5) is 5.13 Å². The fraction of sp³-hybridized carbons (Fsp3) is 0.348. The van der Waals surface area contributed by atoms with E-state index in [4.69, 9.17) is 0 Å². The maximum atomic E-state index is 12.5. The van der Waals surface area contributed by atoms with E-state index in [1.165, 1.54) is 66.3 Å². The van der Waals surface area contributed by atoms with Crippen molar-refractivity contribution in [2.45, 2.75) is 48.9 Å². The summed E-state index contributed by atoms with van der Waals surface area (Å²) in [4.78, 5) is 12.5. The van der Waals surface area contributed by atoms with Crippen LogP contribution >= 0.6 is 23.1 Å². The lowest BCUT2D eigenvalue weighted by molar-refractivity contribution is 0.102. The zero-order chi connectivity index (χ0) is 19.9. The molecule has 1 aliphatic carbocycles. The molecule has 0 spiro atoms. The van der Waals surface area contributed by atoms with Crippen molar-refractivity contribution in [1.29, 1.82) is 0 Å². The van der Waals surface area contributed by atoms with E-state index in [0.717, 1.165) is 15.0 Å². The number of ketones is 1. The molecule has 4 nitrogen and oxygen atoms in total. The topological polar surface area (TPSA) is 54.9 Å². The Morgan fingerprint density at radius 2 is 1.76 bits per heavy atom. The first-order valence-corrected chi connectivity index (χ1v) is 12.0. The molecule has 29 heavy (non-hydrogen) atoms. The van der Waals surface area contributed by atoms with Crippen molar-refractivity contribution in [3.05, 3.63) is 71.3 Å². The summed E-state index contributed by atoms with van der Waals surface area (Å²) in [5.74, 6) is 1.19. The van der Waals surface area contributed by atoms with Crippen LogP contribution in [-0.4, -0.2) is 21.7 Å². The molecule has 0 amide bonds. The highest BCUT2D eigenvalue weighted by molar-refractivity contribution is 8.01. The normalized spacial score (nSPS) is 14.6. The van der Waals surface area contributed by atoms with E-state index in [9.17, 15) is 4.79 Å². The third-order valence-electron chi connectivity index (χ3n) is 5.33. The van der Waals surface area contributed by atoms with Crippen molar-refractivity contribution in [2.24, 2.45) is 0 Å². The smallest absolute Gasteiger partial charge is 0.206 e. The number of hydrogen-bond acceptors (Lipinski definition) is 6. The van der Waals surface area contributed by atoms with E-state index in [1.807, 2.05) is 30.3 Å². The molecule has 0 bridgehead atoms. The largest absolute Gasteiger partial charge is 0.356 e. The number of aromatic nitrogens is 2. The van der Waals surface area contributed by atoms with Gasteiger partial charge in [-0.05, 0) is 29.9 Å². The van der Waals surface area contributed by atoms with Gasteiger partial charge in [0.05, 0.1) is 5.75 Å². The van der Waals surface area contributed by atoms with E-state index < -0.39 is 0 Å². The second-order valence-corrected chi connectivity index (χ2v) is 9.58. The number of nitrogens with one attached hydrogen (secondary N) is 1. The number of thioether (sulfide) groups is 1. The lowest BCUT2D eigenvalue weighted by Gasteiger charge is -2.22. The van der Waals surface area contributed by atoms with Crippen molar-refractivity contribution in [1.82, 2.24) is 10.2 Å². The van der Waals surface area contributed by atoms with Crippen LogP contribution in [0.2, 0.25) is 0 Å². The summed E-state index contributed by atoms with van der Waals surface area (Å²) in [5, 5.41) is 12.4. The molecular weight excluding hydrogens is 398 g/mol. The van der Waals surface area contributed by atoms with E-state index in [0.29, 0.717) is 18.2 Å². The van der Waals surface area contributed by atoms with Crippen molar-refractivity contribution in [3.8, 4) is 0 Å². The maximum absolute atomic E-state index is 12.5. The van der Waals surface area contributed by atoms with Crippen molar-refractivity contribution >= 4 is 34.0 Å². The van der Waals surface area contributed by atoms with Gasteiger partial charge >= 0.3 is 0 Å². The van der Waals surface area contributed by atoms with Gasteiger partial charge in [0.2, 0.25) is 5.13 Å². The van der Waals surface area contributed by atoms with Gasteiger partial charge in [-0.15, -0.1) is 10.2 Å². The molecule has 1 aliphatic rings. The lowest BCUT2D eigenvalue weighted by Crippen LogP contribution is -2.06. The van der Waals surface area contributed by atoms with Crippen molar-refractivity contribution in [2.75, 3.05) is 11.1 Å². The third-order valence-corrected chi connectivity index (χ3v) is 7.34. The van der Waals surface area contributed by atoms with Crippen LogP contribution in [0, 0.1) is 0 Å². The zero-order valence-corrected chi connectivity index (χ0v) is 18.0. The SMILES string of the molecule is O=C(CSc1nnc(NCc2ccccc2)s1)c1ccc(C2CCCCC2)cc1. The van der Waals surface area contributed by atoms with Crippen molar-refractivity contribution < 1.29 is 4.79 Å². The molecule has 0 atom stereocenters. The molecule has 0 saturated heterocycles. The van der Waals surface area contributed by atoms with Gasteiger partial charge in [0.15, 0.2) is 10.1 Å². The minimum atomic E-state index is 0.138. The summed E-state index contributed by atoms with van der Waals surface area (Å²) >= 11 is 2.94. The van der Waals surface area contributed by atoms with Crippen LogP contribution in [0.1, 0.15) is 59.5 Å². The number of nitrogens with zero attached hydrogens (tertiary/aromatic N) is 2. The van der Waals surface area contributed by atoms with Gasteiger partial charge in [0, 0.05) is 12.1 Å². The van der Waals surface area contributed by atoms with Gasteiger partial charge in [-0.25, -0.2) is 0 Å². The molecule has 6 heteroatoms. The number of hydrogen-bond donors (Lipinski definition) is 1. The van der Waals surface area contributed by atoms with Gasteiger partial charge < -0.3 is 5.32 Å². The third kappa shape index (κ3) is 5.67. The van der Waals surface area contributed by atoms with Crippen LogP contribution in [0.25, 0.3) is 0 Å². The average molecular weight is 424 g/mol. The molecule has 3 aromatic rings. The molecule has 0 aliphatic heterocycles. The summed E-state index contributed by atoms with van der Waals surface area (Å²) in [6, 6.07) is 18.4. The Bertz CT molecular complexity index is 919. The van der Waals surface area contributed by atoms with Gasteiger partial charge in [-0.3, -0.25) is 4.79 Å². The quantitative estimate of drug-likeness (QED) is 0.347. The molecular formula is C23H25N3OS2. The van der Waals surface area contributed by atoms with E-state index >= 15 is 0 Å². The highest BCUT2D eigenvalue weighted by atomic mass is 32.2. The van der Waals surface area contributed by atoms with E-state index in [2.05, 4.69) is 39.8 Å². The lowest BCUT2D eigenvalue weighted by atomic mass is 9.84. The second kappa shape index (κ2) is 10.0. The molecule has 150 valence electrons. The maximum Gasteiger partial charge on any atom is 0.206 e. The first kappa shape index (κ1) is 20.1. The first-order valence-electron chi connectivity index (χ1n) is 10.2. The summed E-state index contributed by atoms with van der Waals surface area (Å²) < 4.78 is 0.813. The van der Waals surface area contributed by atoms with Gasteiger partial charge in [0.25, 0.3) is 0 Å². The number of benzene rings is 2. The predicted molar refractivity (Wildman–Crippen MR) is 121 cm³/mol. The molecule has 4 rings (SSSR count). The fourth-order valence-corrected chi connectivity index (χ4v) is 5.34. The van der Waals surface area contributed by atoms with E-state index in [-0.39, 0.29) is 5.78 Å². The zero-order valence-electron chi connectivity index (χ0n) is 16.3. The molecule has 0 radical (unpaired) electrons.